The topological polar surface area (TPSA) is 58.4 Å². The zero-order valence-electron chi connectivity index (χ0n) is 11.8. The molecule has 2 saturated carbocycles. The molecule has 0 unspecified atom stereocenters. The van der Waals surface area contributed by atoms with Gasteiger partial charge in [-0.05, 0) is 46.2 Å². The van der Waals surface area contributed by atoms with Crippen molar-refractivity contribution in [1.82, 2.24) is 10.2 Å². The molecule has 0 aromatic rings. The maximum Gasteiger partial charge on any atom is 0.240 e. The number of amides is 1. The van der Waals surface area contributed by atoms with E-state index in [1.165, 1.54) is 32.1 Å². The van der Waals surface area contributed by atoms with Crippen LogP contribution in [0.1, 0.15) is 51.4 Å². The number of rotatable bonds is 4. The number of nitrogens with one attached hydrogen (secondary N) is 1. The predicted octanol–water partition coefficient (Wildman–Crippen LogP) is 1.25. The first-order valence-corrected chi connectivity index (χ1v) is 7.23. The predicted molar refractivity (Wildman–Crippen MR) is 73.3 cm³/mol. The van der Waals surface area contributed by atoms with Gasteiger partial charge in [0.2, 0.25) is 5.91 Å². The second-order valence-electron chi connectivity index (χ2n) is 6.37. The lowest BCUT2D eigenvalue weighted by molar-refractivity contribution is -0.130. The lowest BCUT2D eigenvalue weighted by atomic mass is 9.76. The van der Waals surface area contributed by atoms with Crippen LogP contribution >= 0.6 is 0 Å². The smallest absolute Gasteiger partial charge is 0.240 e. The number of carbonyl (C=O) groups excluding carboxylic acids is 1. The van der Waals surface area contributed by atoms with Gasteiger partial charge in [0.05, 0.1) is 5.54 Å². The highest BCUT2D eigenvalue weighted by Crippen LogP contribution is 2.33. The van der Waals surface area contributed by atoms with Crippen molar-refractivity contribution >= 4 is 5.91 Å². The molecule has 104 valence electrons. The van der Waals surface area contributed by atoms with Crippen LogP contribution in [0.5, 0.6) is 0 Å². The molecule has 2 aliphatic carbocycles. The first-order chi connectivity index (χ1) is 8.49. The molecule has 1 amide bonds. The van der Waals surface area contributed by atoms with Gasteiger partial charge in [0, 0.05) is 12.1 Å². The Labute approximate surface area is 110 Å². The van der Waals surface area contributed by atoms with Crippen LogP contribution in [-0.2, 0) is 4.79 Å². The molecule has 2 aliphatic rings. The van der Waals surface area contributed by atoms with Crippen molar-refractivity contribution in [2.45, 2.75) is 62.4 Å². The summed E-state index contributed by atoms with van der Waals surface area (Å²) in [5.41, 5.74) is 5.64. The Bertz CT molecular complexity index is 304. The van der Waals surface area contributed by atoms with Gasteiger partial charge in [0.1, 0.15) is 0 Å². The summed E-state index contributed by atoms with van der Waals surface area (Å²) in [6.07, 6.45) is 8.98. The molecule has 0 saturated heterocycles. The number of likely N-dealkylation sites (N-methyl/N-ethyl adjacent to an activating group) is 1. The number of hydrogen-bond donors (Lipinski definition) is 2. The average molecular weight is 253 g/mol. The Balaban J connectivity index is 1.91. The van der Waals surface area contributed by atoms with Gasteiger partial charge in [-0.15, -0.1) is 0 Å². The average Bonchev–Trinajstić information content (AvgIpc) is 2.34. The molecule has 18 heavy (non-hydrogen) atoms. The number of nitrogens with zero attached hydrogens (tertiary/aromatic N) is 1. The fourth-order valence-corrected chi connectivity index (χ4v) is 3.20. The van der Waals surface area contributed by atoms with Crippen LogP contribution in [0.25, 0.3) is 0 Å². The van der Waals surface area contributed by atoms with Gasteiger partial charge in [0.25, 0.3) is 0 Å². The lowest BCUT2D eigenvalue weighted by Gasteiger charge is -2.44. The van der Waals surface area contributed by atoms with Crippen molar-refractivity contribution in [2.75, 3.05) is 20.6 Å². The summed E-state index contributed by atoms with van der Waals surface area (Å²) >= 11 is 0. The maximum absolute atomic E-state index is 12.1. The third-order valence-electron chi connectivity index (χ3n) is 5.01. The summed E-state index contributed by atoms with van der Waals surface area (Å²) in [5, 5.41) is 3.11. The number of carbonyl (C=O) groups is 1. The molecule has 0 atom stereocenters. The van der Waals surface area contributed by atoms with E-state index in [2.05, 4.69) is 24.3 Å². The normalized spacial score (nSPS) is 25.6. The monoisotopic (exact) mass is 253 g/mol. The van der Waals surface area contributed by atoms with Gasteiger partial charge in [-0.3, -0.25) is 4.79 Å². The molecule has 0 radical (unpaired) electrons. The van der Waals surface area contributed by atoms with E-state index in [9.17, 15) is 4.79 Å². The van der Waals surface area contributed by atoms with Gasteiger partial charge in [-0.1, -0.05) is 19.3 Å². The van der Waals surface area contributed by atoms with Gasteiger partial charge in [-0.2, -0.15) is 0 Å². The van der Waals surface area contributed by atoms with E-state index in [0.29, 0.717) is 0 Å². The zero-order chi connectivity index (χ0) is 13.2. The minimum absolute atomic E-state index is 0.0561. The highest BCUT2D eigenvalue weighted by Gasteiger charge is 2.42. The van der Waals surface area contributed by atoms with E-state index in [4.69, 9.17) is 5.73 Å². The lowest BCUT2D eigenvalue weighted by Crippen LogP contribution is -2.62. The standard InChI is InChI=1S/C14H27N3O/c1-17(2)13(7-4-3-5-8-13)11-16-12(18)14(15)9-6-10-14/h3-11,15H2,1-2H3,(H,16,18). The van der Waals surface area contributed by atoms with Crippen molar-refractivity contribution in [3.63, 3.8) is 0 Å². The van der Waals surface area contributed by atoms with Crippen LogP contribution in [0.2, 0.25) is 0 Å². The van der Waals surface area contributed by atoms with Crippen LogP contribution in [0.4, 0.5) is 0 Å². The summed E-state index contributed by atoms with van der Waals surface area (Å²) in [5.74, 6) is 0.0561. The Morgan fingerprint density at radius 2 is 1.72 bits per heavy atom. The zero-order valence-corrected chi connectivity index (χ0v) is 11.8. The molecule has 3 N–H and O–H groups in total. The van der Waals surface area contributed by atoms with Gasteiger partial charge >= 0.3 is 0 Å². The summed E-state index contributed by atoms with van der Waals surface area (Å²) in [6.45, 7) is 0.748. The van der Waals surface area contributed by atoms with Crippen molar-refractivity contribution in [2.24, 2.45) is 5.73 Å². The van der Waals surface area contributed by atoms with Gasteiger partial charge in [0.15, 0.2) is 0 Å². The molecule has 2 rings (SSSR count). The van der Waals surface area contributed by atoms with E-state index in [0.717, 1.165) is 25.8 Å². The molecule has 0 aliphatic heterocycles. The Morgan fingerprint density at radius 1 is 1.11 bits per heavy atom. The molecule has 0 spiro atoms. The molecule has 4 nitrogen and oxygen atoms in total. The SMILES string of the molecule is CN(C)C1(CNC(=O)C2(N)CCC2)CCCCC1. The van der Waals surface area contributed by atoms with E-state index >= 15 is 0 Å². The van der Waals surface area contributed by atoms with E-state index in [1.54, 1.807) is 0 Å². The minimum Gasteiger partial charge on any atom is -0.353 e. The molecule has 0 aromatic heterocycles. The van der Waals surface area contributed by atoms with Crippen molar-refractivity contribution in [3.05, 3.63) is 0 Å². The Morgan fingerprint density at radius 3 is 2.17 bits per heavy atom. The molecule has 0 aromatic carbocycles. The fourth-order valence-electron chi connectivity index (χ4n) is 3.20. The Kier molecular flexibility index (Phi) is 3.97. The van der Waals surface area contributed by atoms with Gasteiger partial charge < -0.3 is 16.0 Å². The van der Waals surface area contributed by atoms with Crippen LogP contribution in [-0.4, -0.2) is 42.5 Å². The number of hydrogen-bond acceptors (Lipinski definition) is 3. The van der Waals surface area contributed by atoms with Crippen LogP contribution < -0.4 is 11.1 Å². The molecular weight excluding hydrogens is 226 g/mol. The third-order valence-corrected chi connectivity index (χ3v) is 5.01. The highest BCUT2D eigenvalue weighted by molar-refractivity contribution is 5.87. The molecule has 2 fully saturated rings. The van der Waals surface area contributed by atoms with Crippen LogP contribution in [0.15, 0.2) is 0 Å². The number of nitrogens with two attached hydrogens (primary N) is 1. The van der Waals surface area contributed by atoms with Crippen molar-refractivity contribution in [1.29, 1.82) is 0 Å². The van der Waals surface area contributed by atoms with E-state index in [1.807, 2.05) is 0 Å². The summed E-state index contributed by atoms with van der Waals surface area (Å²) in [6, 6.07) is 0. The highest BCUT2D eigenvalue weighted by atomic mass is 16.2. The fraction of sp³-hybridized carbons (Fsp3) is 0.929. The van der Waals surface area contributed by atoms with Crippen LogP contribution in [0.3, 0.4) is 0 Å². The van der Waals surface area contributed by atoms with Gasteiger partial charge in [-0.25, -0.2) is 0 Å². The molecule has 0 heterocycles. The third kappa shape index (κ3) is 2.54. The van der Waals surface area contributed by atoms with Crippen molar-refractivity contribution < 1.29 is 4.79 Å². The van der Waals surface area contributed by atoms with Crippen molar-refractivity contribution in [3.8, 4) is 0 Å². The first kappa shape index (κ1) is 13.8. The molecule has 0 bridgehead atoms. The van der Waals surface area contributed by atoms with Crippen LogP contribution in [0, 0.1) is 0 Å². The summed E-state index contributed by atoms with van der Waals surface area (Å²) in [4.78, 5) is 14.4. The second-order valence-corrected chi connectivity index (χ2v) is 6.37. The molecule has 4 heteroatoms. The Hall–Kier alpha value is -0.610. The van der Waals surface area contributed by atoms with E-state index in [-0.39, 0.29) is 11.4 Å². The first-order valence-electron chi connectivity index (χ1n) is 7.23. The van der Waals surface area contributed by atoms with E-state index < -0.39 is 5.54 Å². The maximum atomic E-state index is 12.1. The summed E-state index contributed by atoms with van der Waals surface area (Å²) in [7, 11) is 4.25. The largest absolute Gasteiger partial charge is 0.353 e. The minimum atomic E-state index is -0.567. The quantitative estimate of drug-likeness (QED) is 0.793. The molecular formula is C14H27N3O. The second kappa shape index (κ2) is 5.17. The summed E-state index contributed by atoms with van der Waals surface area (Å²) < 4.78 is 0.